The Labute approximate surface area is 86.8 Å². The maximum absolute atomic E-state index is 11.2. The fourth-order valence-corrected chi connectivity index (χ4v) is 0.990. The Morgan fingerprint density at radius 3 is 2.93 bits per heavy atom. The Bertz CT molecular complexity index is 301. The summed E-state index contributed by atoms with van der Waals surface area (Å²) in [4.78, 5) is 11.2. The molecule has 14 heavy (non-hydrogen) atoms. The van der Waals surface area contributed by atoms with Gasteiger partial charge in [-0.2, -0.15) is 0 Å². The van der Waals surface area contributed by atoms with E-state index in [4.69, 9.17) is 16.0 Å². The van der Waals surface area contributed by atoms with Crippen molar-refractivity contribution in [2.24, 2.45) is 0 Å². The number of aryl methyl sites for hydroxylation is 1. The quantitative estimate of drug-likeness (QED) is 0.761. The van der Waals surface area contributed by atoms with Crippen molar-refractivity contribution >= 4 is 23.5 Å². The average Bonchev–Trinajstić information content (AvgIpc) is 2.62. The lowest BCUT2D eigenvalue weighted by Crippen LogP contribution is -2.11. The fraction of sp³-hybridized carbons (Fsp3) is 0.625. The van der Waals surface area contributed by atoms with E-state index in [1.807, 2.05) is 6.92 Å². The highest BCUT2D eigenvalue weighted by Gasteiger charge is 2.07. The van der Waals surface area contributed by atoms with Gasteiger partial charge in [-0.3, -0.25) is 10.1 Å². The van der Waals surface area contributed by atoms with Crippen molar-refractivity contribution in [1.82, 2.24) is 10.2 Å². The van der Waals surface area contributed by atoms with E-state index in [0.29, 0.717) is 31.0 Å². The zero-order valence-electron chi connectivity index (χ0n) is 7.92. The molecule has 0 unspecified atom stereocenters. The lowest BCUT2D eigenvalue weighted by atomic mass is 10.3. The van der Waals surface area contributed by atoms with Crippen molar-refractivity contribution < 1.29 is 9.21 Å². The first kappa shape index (κ1) is 11.0. The summed E-state index contributed by atoms with van der Waals surface area (Å²) in [6.07, 6.45) is 1.67. The van der Waals surface area contributed by atoms with Gasteiger partial charge in [-0.1, -0.05) is 12.0 Å². The smallest absolute Gasteiger partial charge is 0.322 e. The number of carbonyl (C=O) groups excluding carboxylic acids is 1. The van der Waals surface area contributed by atoms with Gasteiger partial charge in [0.25, 0.3) is 0 Å². The molecule has 0 aliphatic rings. The number of hydrogen-bond donors (Lipinski definition) is 1. The Kier molecular flexibility index (Phi) is 4.39. The number of nitrogens with one attached hydrogen (secondary N) is 1. The summed E-state index contributed by atoms with van der Waals surface area (Å²) in [5.41, 5.74) is 0. The lowest BCUT2D eigenvalue weighted by molar-refractivity contribution is -0.116. The van der Waals surface area contributed by atoms with Crippen LogP contribution in [0.4, 0.5) is 6.01 Å². The number of anilines is 1. The van der Waals surface area contributed by atoms with Crippen molar-refractivity contribution in [3.63, 3.8) is 0 Å². The van der Waals surface area contributed by atoms with Gasteiger partial charge in [0.2, 0.25) is 11.8 Å². The van der Waals surface area contributed by atoms with Gasteiger partial charge in [0, 0.05) is 18.7 Å². The summed E-state index contributed by atoms with van der Waals surface area (Å²) < 4.78 is 5.10. The van der Waals surface area contributed by atoms with E-state index in [-0.39, 0.29) is 11.9 Å². The summed E-state index contributed by atoms with van der Waals surface area (Å²) in [6.45, 7) is 1.90. The van der Waals surface area contributed by atoms with Crippen LogP contribution in [0.2, 0.25) is 0 Å². The normalized spacial score (nSPS) is 10.1. The molecule has 0 aliphatic carbocycles. The summed E-state index contributed by atoms with van der Waals surface area (Å²) in [5, 5.41) is 9.86. The monoisotopic (exact) mass is 217 g/mol. The molecule has 6 heteroatoms. The Morgan fingerprint density at radius 2 is 2.36 bits per heavy atom. The molecule has 0 radical (unpaired) electrons. The van der Waals surface area contributed by atoms with Gasteiger partial charge < -0.3 is 4.42 Å². The predicted molar refractivity (Wildman–Crippen MR) is 52.3 cm³/mol. The Balaban J connectivity index is 2.39. The molecule has 0 bridgehead atoms. The van der Waals surface area contributed by atoms with Gasteiger partial charge in [0.15, 0.2) is 0 Å². The van der Waals surface area contributed by atoms with Crippen LogP contribution in [0, 0.1) is 0 Å². The molecule has 5 nitrogen and oxygen atoms in total. The second kappa shape index (κ2) is 5.59. The minimum Gasteiger partial charge on any atom is -0.408 e. The molecule has 1 amide bonds. The number of amides is 1. The van der Waals surface area contributed by atoms with Crippen LogP contribution in [-0.2, 0) is 11.2 Å². The molecule has 0 fully saturated rings. The second-order valence-corrected chi connectivity index (χ2v) is 3.07. The standard InChI is InChI=1S/C8H12ClN3O2/c1-2-7-11-12-8(14-7)10-6(13)4-3-5-9/h2-5H2,1H3,(H,10,12,13). The number of hydrogen-bond acceptors (Lipinski definition) is 4. The first-order valence-electron chi connectivity index (χ1n) is 4.44. The minimum absolute atomic E-state index is 0.154. The predicted octanol–water partition coefficient (Wildman–Crippen LogP) is 1.59. The maximum Gasteiger partial charge on any atom is 0.322 e. The third-order valence-electron chi connectivity index (χ3n) is 1.55. The van der Waals surface area contributed by atoms with E-state index in [9.17, 15) is 4.79 Å². The van der Waals surface area contributed by atoms with Crippen molar-refractivity contribution in [2.75, 3.05) is 11.2 Å². The van der Waals surface area contributed by atoms with E-state index in [1.54, 1.807) is 0 Å². The van der Waals surface area contributed by atoms with Gasteiger partial charge in [0.1, 0.15) is 0 Å². The fourth-order valence-electron chi connectivity index (χ4n) is 0.856. The molecule has 0 aliphatic heterocycles. The molecule has 0 aromatic carbocycles. The molecule has 0 spiro atoms. The van der Waals surface area contributed by atoms with E-state index >= 15 is 0 Å². The first-order valence-corrected chi connectivity index (χ1v) is 4.98. The van der Waals surface area contributed by atoms with Gasteiger partial charge in [-0.25, -0.2) is 0 Å². The van der Waals surface area contributed by atoms with Crippen LogP contribution in [0.3, 0.4) is 0 Å². The second-order valence-electron chi connectivity index (χ2n) is 2.70. The maximum atomic E-state index is 11.2. The third-order valence-corrected chi connectivity index (χ3v) is 1.82. The molecule has 0 atom stereocenters. The topological polar surface area (TPSA) is 68.0 Å². The van der Waals surface area contributed by atoms with Crippen molar-refractivity contribution in [2.45, 2.75) is 26.2 Å². The molecular weight excluding hydrogens is 206 g/mol. The molecular formula is C8H12ClN3O2. The van der Waals surface area contributed by atoms with Crippen molar-refractivity contribution in [1.29, 1.82) is 0 Å². The van der Waals surface area contributed by atoms with Gasteiger partial charge >= 0.3 is 6.01 Å². The highest BCUT2D eigenvalue weighted by molar-refractivity contribution is 6.18. The number of aromatic nitrogens is 2. The van der Waals surface area contributed by atoms with Gasteiger partial charge in [-0.05, 0) is 6.42 Å². The number of halogens is 1. The average molecular weight is 218 g/mol. The number of rotatable bonds is 5. The highest BCUT2D eigenvalue weighted by Crippen LogP contribution is 2.06. The number of carbonyl (C=O) groups is 1. The van der Waals surface area contributed by atoms with Crippen LogP contribution in [0.25, 0.3) is 0 Å². The zero-order chi connectivity index (χ0) is 10.4. The van der Waals surface area contributed by atoms with Crippen LogP contribution in [0.1, 0.15) is 25.7 Å². The Morgan fingerprint density at radius 1 is 1.57 bits per heavy atom. The summed E-state index contributed by atoms with van der Waals surface area (Å²) >= 11 is 5.44. The molecule has 0 saturated carbocycles. The van der Waals surface area contributed by atoms with Crippen LogP contribution in [0.5, 0.6) is 0 Å². The highest BCUT2D eigenvalue weighted by atomic mass is 35.5. The van der Waals surface area contributed by atoms with E-state index in [1.165, 1.54) is 0 Å². The van der Waals surface area contributed by atoms with E-state index < -0.39 is 0 Å². The van der Waals surface area contributed by atoms with Crippen LogP contribution in [-0.4, -0.2) is 22.0 Å². The van der Waals surface area contributed by atoms with E-state index in [0.717, 1.165) is 0 Å². The molecule has 1 aromatic rings. The zero-order valence-corrected chi connectivity index (χ0v) is 8.67. The van der Waals surface area contributed by atoms with Crippen LogP contribution < -0.4 is 5.32 Å². The van der Waals surface area contributed by atoms with E-state index in [2.05, 4.69) is 15.5 Å². The van der Waals surface area contributed by atoms with Crippen molar-refractivity contribution in [3.8, 4) is 0 Å². The van der Waals surface area contributed by atoms with Crippen LogP contribution in [0.15, 0.2) is 4.42 Å². The van der Waals surface area contributed by atoms with Gasteiger partial charge in [-0.15, -0.1) is 16.7 Å². The molecule has 1 aromatic heterocycles. The molecule has 1 heterocycles. The van der Waals surface area contributed by atoms with Crippen molar-refractivity contribution in [3.05, 3.63) is 5.89 Å². The third kappa shape index (κ3) is 3.33. The molecule has 1 N–H and O–H groups in total. The number of alkyl halides is 1. The Hall–Kier alpha value is -1.10. The first-order chi connectivity index (χ1) is 6.76. The minimum atomic E-state index is -0.156. The molecule has 1 rings (SSSR count). The SMILES string of the molecule is CCc1nnc(NC(=O)CCCCl)o1. The summed E-state index contributed by atoms with van der Waals surface area (Å²) in [5.74, 6) is 0.826. The largest absolute Gasteiger partial charge is 0.408 e. The number of nitrogens with zero attached hydrogens (tertiary/aromatic N) is 2. The molecule has 78 valence electrons. The lowest BCUT2D eigenvalue weighted by Gasteiger charge is -1.97. The van der Waals surface area contributed by atoms with Gasteiger partial charge in [0.05, 0.1) is 0 Å². The summed E-state index contributed by atoms with van der Waals surface area (Å²) in [6, 6.07) is 0.154. The van der Waals surface area contributed by atoms with Crippen LogP contribution >= 0.6 is 11.6 Å². The summed E-state index contributed by atoms with van der Waals surface area (Å²) in [7, 11) is 0. The molecule has 0 saturated heterocycles.